The van der Waals surface area contributed by atoms with Crippen LogP contribution in [0.2, 0.25) is 0 Å². The number of amidine groups is 1. The lowest BCUT2D eigenvalue weighted by Crippen LogP contribution is -2.51. The van der Waals surface area contributed by atoms with Crippen LogP contribution >= 0.6 is 0 Å². The molecule has 0 aromatic carbocycles. The summed E-state index contributed by atoms with van der Waals surface area (Å²) < 4.78 is 0. The lowest BCUT2D eigenvalue weighted by Gasteiger charge is -2.39. The maximum absolute atomic E-state index is 8.11. The molecule has 1 rings (SSSR count). The highest BCUT2D eigenvalue weighted by Gasteiger charge is 2.25. The van der Waals surface area contributed by atoms with Crippen molar-refractivity contribution in [2.75, 3.05) is 32.7 Å². The topological polar surface area (TPSA) is 30.3 Å². The van der Waals surface area contributed by atoms with E-state index in [9.17, 15) is 0 Å². The van der Waals surface area contributed by atoms with Crippen LogP contribution in [0.15, 0.2) is 0 Å². The summed E-state index contributed by atoms with van der Waals surface area (Å²) in [6.07, 6.45) is 1.23. The standard InChI is InChI=1S/C12H25N3/c1-5-6-14-7-9-15(10-8-14)11(13)12(2,3)4/h13H,5-10H2,1-4H3. The van der Waals surface area contributed by atoms with Crippen molar-refractivity contribution in [2.24, 2.45) is 5.41 Å². The quantitative estimate of drug-likeness (QED) is 0.559. The highest BCUT2D eigenvalue weighted by molar-refractivity contribution is 5.84. The van der Waals surface area contributed by atoms with E-state index in [4.69, 9.17) is 5.41 Å². The molecule has 1 aliphatic heterocycles. The van der Waals surface area contributed by atoms with Crippen LogP contribution in [0.3, 0.4) is 0 Å². The van der Waals surface area contributed by atoms with Gasteiger partial charge in [0.1, 0.15) is 5.84 Å². The predicted molar refractivity (Wildman–Crippen MR) is 65.5 cm³/mol. The Morgan fingerprint density at radius 3 is 2.07 bits per heavy atom. The molecule has 1 fully saturated rings. The number of hydrogen-bond acceptors (Lipinski definition) is 2. The third-order valence-electron chi connectivity index (χ3n) is 2.94. The average Bonchev–Trinajstić information content (AvgIpc) is 2.17. The minimum Gasteiger partial charge on any atom is -0.358 e. The Kier molecular flexibility index (Phi) is 4.14. The molecular formula is C12H25N3. The van der Waals surface area contributed by atoms with E-state index in [1.165, 1.54) is 13.0 Å². The summed E-state index contributed by atoms with van der Waals surface area (Å²) in [5, 5.41) is 8.11. The molecule has 0 amide bonds. The van der Waals surface area contributed by atoms with Crippen LogP contribution in [0.4, 0.5) is 0 Å². The molecule has 0 aromatic heterocycles. The van der Waals surface area contributed by atoms with Gasteiger partial charge in [0.15, 0.2) is 0 Å². The van der Waals surface area contributed by atoms with Gasteiger partial charge in [0.25, 0.3) is 0 Å². The molecule has 0 saturated carbocycles. The Bertz CT molecular complexity index is 209. The van der Waals surface area contributed by atoms with E-state index in [-0.39, 0.29) is 5.41 Å². The SMILES string of the molecule is CCCN1CCN(C(=N)C(C)(C)C)CC1. The van der Waals surface area contributed by atoms with Gasteiger partial charge >= 0.3 is 0 Å². The smallest absolute Gasteiger partial charge is 0.101 e. The number of hydrogen-bond donors (Lipinski definition) is 1. The van der Waals surface area contributed by atoms with Gasteiger partial charge in [-0.05, 0) is 13.0 Å². The van der Waals surface area contributed by atoms with Gasteiger partial charge in [-0.25, -0.2) is 0 Å². The van der Waals surface area contributed by atoms with Crippen molar-refractivity contribution in [3.05, 3.63) is 0 Å². The van der Waals surface area contributed by atoms with E-state index in [0.29, 0.717) is 0 Å². The van der Waals surface area contributed by atoms with Gasteiger partial charge in [0, 0.05) is 31.6 Å². The summed E-state index contributed by atoms with van der Waals surface area (Å²) in [6, 6.07) is 0. The number of rotatable bonds is 2. The van der Waals surface area contributed by atoms with Crippen LogP contribution < -0.4 is 0 Å². The molecule has 15 heavy (non-hydrogen) atoms. The molecule has 0 unspecified atom stereocenters. The maximum atomic E-state index is 8.11. The summed E-state index contributed by atoms with van der Waals surface area (Å²) >= 11 is 0. The molecule has 0 atom stereocenters. The van der Waals surface area contributed by atoms with Crippen LogP contribution in [-0.4, -0.2) is 48.4 Å². The third kappa shape index (κ3) is 3.49. The Morgan fingerprint density at radius 2 is 1.67 bits per heavy atom. The first-order valence-electron chi connectivity index (χ1n) is 6.01. The van der Waals surface area contributed by atoms with Gasteiger partial charge in [0.2, 0.25) is 0 Å². The molecular weight excluding hydrogens is 186 g/mol. The van der Waals surface area contributed by atoms with Crippen molar-refractivity contribution in [3.63, 3.8) is 0 Å². The van der Waals surface area contributed by atoms with Crippen molar-refractivity contribution < 1.29 is 0 Å². The van der Waals surface area contributed by atoms with Crippen molar-refractivity contribution in [1.82, 2.24) is 9.80 Å². The Morgan fingerprint density at radius 1 is 1.13 bits per heavy atom. The average molecular weight is 211 g/mol. The van der Waals surface area contributed by atoms with E-state index in [2.05, 4.69) is 37.5 Å². The maximum Gasteiger partial charge on any atom is 0.101 e. The highest BCUT2D eigenvalue weighted by Crippen LogP contribution is 2.18. The fraction of sp³-hybridized carbons (Fsp3) is 0.917. The molecule has 0 spiro atoms. The van der Waals surface area contributed by atoms with E-state index in [1.54, 1.807) is 0 Å². The van der Waals surface area contributed by atoms with Gasteiger partial charge in [-0.3, -0.25) is 10.3 Å². The fourth-order valence-corrected chi connectivity index (χ4v) is 1.99. The molecule has 88 valence electrons. The van der Waals surface area contributed by atoms with Crippen LogP contribution in [0.1, 0.15) is 34.1 Å². The normalized spacial score (nSPS) is 19.3. The Hall–Kier alpha value is -0.570. The third-order valence-corrected chi connectivity index (χ3v) is 2.94. The fourth-order valence-electron chi connectivity index (χ4n) is 1.99. The van der Waals surface area contributed by atoms with Gasteiger partial charge < -0.3 is 4.90 Å². The first-order chi connectivity index (χ1) is 6.95. The lowest BCUT2D eigenvalue weighted by atomic mass is 9.93. The largest absolute Gasteiger partial charge is 0.358 e. The second-order valence-electron chi connectivity index (χ2n) is 5.43. The summed E-state index contributed by atoms with van der Waals surface area (Å²) in [6.45, 7) is 14.1. The molecule has 0 aliphatic carbocycles. The van der Waals surface area contributed by atoms with E-state index in [1.807, 2.05) is 0 Å². The zero-order chi connectivity index (χ0) is 11.5. The van der Waals surface area contributed by atoms with Crippen LogP contribution in [0, 0.1) is 10.8 Å². The molecule has 1 saturated heterocycles. The van der Waals surface area contributed by atoms with Crippen molar-refractivity contribution >= 4 is 5.84 Å². The second kappa shape index (κ2) is 4.97. The Balaban J connectivity index is 2.41. The molecule has 1 heterocycles. The number of piperazine rings is 1. The minimum absolute atomic E-state index is 0.00702. The molecule has 1 aliphatic rings. The van der Waals surface area contributed by atoms with Gasteiger partial charge in [-0.1, -0.05) is 27.7 Å². The van der Waals surface area contributed by atoms with Crippen LogP contribution in [0.5, 0.6) is 0 Å². The van der Waals surface area contributed by atoms with E-state index < -0.39 is 0 Å². The summed E-state index contributed by atoms with van der Waals surface area (Å²) in [5.41, 5.74) is -0.00702. The van der Waals surface area contributed by atoms with Crippen LogP contribution in [0.25, 0.3) is 0 Å². The Labute approximate surface area is 94.0 Å². The molecule has 3 nitrogen and oxygen atoms in total. The van der Waals surface area contributed by atoms with Crippen LogP contribution in [-0.2, 0) is 0 Å². The summed E-state index contributed by atoms with van der Waals surface area (Å²) in [5.74, 6) is 0.790. The number of nitrogens with one attached hydrogen (secondary N) is 1. The second-order valence-corrected chi connectivity index (χ2v) is 5.43. The van der Waals surface area contributed by atoms with Gasteiger partial charge in [0.05, 0.1) is 0 Å². The lowest BCUT2D eigenvalue weighted by molar-refractivity contribution is 0.174. The summed E-state index contributed by atoms with van der Waals surface area (Å²) in [7, 11) is 0. The first-order valence-corrected chi connectivity index (χ1v) is 6.01. The van der Waals surface area contributed by atoms with Crippen molar-refractivity contribution in [3.8, 4) is 0 Å². The summed E-state index contributed by atoms with van der Waals surface area (Å²) in [4.78, 5) is 4.72. The molecule has 0 bridgehead atoms. The first kappa shape index (κ1) is 12.5. The zero-order valence-electron chi connectivity index (χ0n) is 10.6. The predicted octanol–water partition coefficient (Wildman–Crippen LogP) is 2.04. The molecule has 3 heteroatoms. The molecule has 0 radical (unpaired) electrons. The minimum atomic E-state index is -0.00702. The van der Waals surface area contributed by atoms with Crippen molar-refractivity contribution in [2.45, 2.75) is 34.1 Å². The monoisotopic (exact) mass is 211 g/mol. The molecule has 1 N–H and O–H groups in total. The molecule has 0 aromatic rings. The number of nitrogens with zero attached hydrogens (tertiary/aromatic N) is 2. The van der Waals surface area contributed by atoms with E-state index in [0.717, 1.165) is 32.0 Å². The van der Waals surface area contributed by atoms with Gasteiger partial charge in [-0.15, -0.1) is 0 Å². The van der Waals surface area contributed by atoms with E-state index >= 15 is 0 Å². The van der Waals surface area contributed by atoms with Gasteiger partial charge in [-0.2, -0.15) is 0 Å². The van der Waals surface area contributed by atoms with Crippen molar-refractivity contribution in [1.29, 1.82) is 5.41 Å². The highest BCUT2D eigenvalue weighted by atomic mass is 15.3. The zero-order valence-corrected chi connectivity index (χ0v) is 10.6.